The van der Waals surface area contributed by atoms with E-state index >= 15 is 0 Å². The topological polar surface area (TPSA) is 99.3 Å². The Kier molecular flexibility index (Phi) is 6.18. The molecule has 0 unspecified atom stereocenters. The van der Waals surface area contributed by atoms with E-state index in [0.717, 1.165) is 5.69 Å². The highest BCUT2D eigenvalue weighted by molar-refractivity contribution is 6.04. The number of carbonyl (C=O) groups is 1. The Bertz CT molecular complexity index is 1250. The number of amides is 1. The number of imidazole rings is 1. The average molecular weight is 456 g/mol. The lowest BCUT2D eigenvalue weighted by molar-refractivity contribution is -0.274. The molecule has 4 rings (SSSR count). The number of nitrogens with zero attached hydrogens (tertiary/aromatic N) is 1. The molecule has 0 fully saturated rings. The molecule has 0 aliphatic carbocycles. The van der Waals surface area contributed by atoms with E-state index in [1.54, 1.807) is 48.5 Å². The molecule has 1 amide bonds. The quantitative estimate of drug-likeness (QED) is 0.321. The van der Waals surface area contributed by atoms with Gasteiger partial charge in [-0.15, -0.1) is 13.2 Å². The van der Waals surface area contributed by atoms with Crippen molar-refractivity contribution in [3.05, 3.63) is 72.3 Å². The summed E-state index contributed by atoms with van der Waals surface area (Å²) in [4.78, 5) is 19.9. The van der Waals surface area contributed by atoms with Crippen molar-refractivity contribution in [2.24, 2.45) is 0 Å². The summed E-state index contributed by atoms with van der Waals surface area (Å²) in [6, 6.07) is 17.6. The Labute approximate surface area is 186 Å². The summed E-state index contributed by atoms with van der Waals surface area (Å²) in [5.41, 5.74) is 3.42. The number of nitrogens with one attached hydrogen (secondary N) is 3. The molecule has 0 saturated heterocycles. The first-order valence-electron chi connectivity index (χ1n) is 9.93. The van der Waals surface area contributed by atoms with Gasteiger partial charge < -0.3 is 25.5 Å². The zero-order valence-electron chi connectivity index (χ0n) is 17.1. The second kappa shape index (κ2) is 9.21. The van der Waals surface area contributed by atoms with Crippen LogP contribution < -0.4 is 15.4 Å². The van der Waals surface area contributed by atoms with E-state index in [0.29, 0.717) is 40.2 Å². The number of hydrogen-bond donors (Lipinski definition) is 4. The third-order valence-corrected chi connectivity index (χ3v) is 4.69. The van der Waals surface area contributed by atoms with Crippen LogP contribution in [-0.2, 0) is 0 Å². The molecular weight excluding hydrogens is 437 g/mol. The van der Waals surface area contributed by atoms with Gasteiger partial charge in [0.2, 0.25) is 0 Å². The van der Waals surface area contributed by atoms with Gasteiger partial charge >= 0.3 is 6.36 Å². The number of anilines is 2. The van der Waals surface area contributed by atoms with Gasteiger partial charge in [0, 0.05) is 35.1 Å². The number of hydrogen-bond acceptors (Lipinski definition) is 5. The van der Waals surface area contributed by atoms with Crippen molar-refractivity contribution in [2.75, 3.05) is 23.8 Å². The van der Waals surface area contributed by atoms with Crippen LogP contribution in [0, 0.1) is 0 Å². The maximum atomic E-state index is 12.5. The molecule has 0 radical (unpaired) electrons. The van der Waals surface area contributed by atoms with E-state index in [1.165, 1.54) is 18.2 Å². The molecule has 4 N–H and O–H groups in total. The Morgan fingerprint density at radius 3 is 2.36 bits per heavy atom. The molecule has 33 heavy (non-hydrogen) atoms. The van der Waals surface area contributed by atoms with Crippen molar-refractivity contribution in [2.45, 2.75) is 6.36 Å². The highest BCUT2D eigenvalue weighted by atomic mass is 19.4. The van der Waals surface area contributed by atoms with E-state index in [-0.39, 0.29) is 18.3 Å². The van der Waals surface area contributed by atoms with Crippen molar-refractivity contribution in [1.82, 2.24) is 9.97 Å². The van der Waals surface area contributed by atoms with E-state index in [1.807, 2.05) is 0 Å². The maximum Gasteiger partial charge on any atom is 0.573 e. The van der Waals surface area contributed by atoms with Crippen LogP contribution in [0.4, 0.5) is 24.5 Å². The minimum Gasteiger partial charge on any atom is -0.406 e. The fourth-order valence-electron chi connectivity index (χ4n) is 3.18. The smallest absolute Gasteiger partial charge is 0.406 e. The second-order valence-electron chi connectivity index (χ2n) is 7.07. The molecule has 0 atom stereocenters. The summed E-state index contributed by atoms with van der Waals surface area (Å²) >= 11 is 0. The van der Waals surface area contributed by atoms with Crippen LogP contribution >= 0.6 is 0 Å². The first-order valence-corrected chi connectivity index (χ1v) is 9.93. The van der Waals surface area contributed by atoms with Gasteiger partial charge in [-0.25, -0.2) is 4.98 Å². The normalized spacial score (nSPS) is 11.4. The number of ether oxygens (including phenoxy) is 1. The third-order valence-electron chi connectivity index (χ3n) is 4.69. The molecule has 0 aliphatic heterocycles. The van der Waals surface area contributed by atoms with Crippen LogP contribution in [0.2, 0.25) is 0 Å². The molecule has 0 aliphatic rings. The van der Waals surface area contributed by atoms with Gasteiger partial charge in [0.25, 0.3) is 5.91 Å². The number of aliphatic hydroxyl groups excluding tert-OH is 1. The molecule has 0 bridgehead atoms. The highest BCUT2D eigenvalue weighted by Gasteiger charge is 2.31. The summed E-state index contributed by atoms with van der Waals surface area (Å²) in [6.45, 7) is 0.460. The molecule has 1 aromatic heterocycles. The predicted molar refractivity (Wildman–Crippen MR) is 118 cm³/mol. The third kappa shape index (κ3) is 5.60. The van der Waals surface area contributed by atoms with Gasteiger partial charge in [0.1, 0.15) is 11.6 Å². The van der Waals surface area contributed by atoms with Crippen LogP contribution in [0.15, 0.2) is 66.7 Å². The summed E-state index contributed by atoms with van der Waals surface area (Å²) < 4.78 is 41.2. The Morgan fingerprint density at radius 2 is 1.70 bits per heavy atom. The minimum absolute atomic E-state index is 0.0238. The molecule has 1 heterocycles. The van der Waals surface area contributed by atoms with Gasteiger partial charge in [-0.3, -0.25) is 4.79 Å². The van der Waals surface area contributed by atoms with Gasteiger partial charge in [0.15, 0.2) is 0 Å². The Balaban J connectivity index is 1.45. The second-order valence-corrected chi connectivity index (χ2v) is 7.07. The number of benzene rings is 3. The number of H-pyrrole nitrogens is 1. The van der Waals surface area contributed by atoms with Gasteiger partial charge in [0.05, 0.1) is 17.6 Å². The number of carbonyl (C=O) groups excluding carboxylic acids is 1. The van der Waals surface area contributed by atoms with Crippen molar-refractivity contribution in [3.63, 3.8) is 0 Å². The number of alkyl halides is 3. The Hall–Kier alpha value is -4.05. The number of fused-ring (bicyclic) bond motifs is 1. The van der Waals surface area contributed by atoms with E-state index in [9.17, 15) is 18.0 Å². The van der Waals surface area contributed by atoms with Gasteiger partial charge in [-0.1, -0.05) is 12.1 Å². The standard InChI is InChI=1S/C23H19F3N4O3/c24-23(25,26)33-18-9-10-19-20(13-18)30-21(29-19)14-1-3-15(4-2-14)22(32)28-17-7-5-16(6-8-17)27-11-12-31/h1-10,13,27,31H,11-12H2,(H,28,32)(H,29,30). The SMILES string of the molecule is O=C(Nc1ccc(NCCO)cc1)c1ccc(-c2nc3ccc(OC(F)(F)F)cc3[nH]2)cc1. The number of aromatic nitrogens is 2. The lowest BCUT2D eigenvalue weighted by Crippen LogP contribution is -2.16. The molecule has 0 spiro atoms. The van der Waals surface area contributed by atoms with Crippen LogP contribution in [0.25, 0.3) is 22.4 Å². The number of aliphatic hydroxyl groups is 1. The van der Waals surface area contributed by atoms with Crippen molar-refractivity contribution >= 4 is 28.3 Å². The summed E-state index contributed by atoms with van der Waals surface area (Å²) in [5, 5.41) is 14.7. The van der Waals surface area contributed by atoms with Crippen molar-refractivity contribution in [1.29, 1.82) is 0 Å². The maximum absolute atomic E-state index is 12.5. The Morgan fingerprint density at radius 1 is 1.00 bits per heavy atom. The number of rotatable bonds is 7. The van der Waals surface area contributed by atoms with Gasteiger partial charge in [-0.05, 0) is 48.5 Å². The van der Waals surface area contributed by atoms with E-state index < -0.39 is 6.36 Å². The van der Waals surface area contributed by atoms with Crippen LogP contribution in [0.1, 0.15) is 10.4 Å². The summed E-state index contributed by atoms with van der Waals surface area (Å²) in [5.74, 6) is -0.183. The first-order chi connectivity index (χ1) is 15.8. The zero-order chi connectivity index (χ0) is 23.4. The number of halogens is 3. The molecule has 7 nitrogen and oxygen atoms in total. The van der Waals surface area contributed by atoms with Crippen LogP contribution in [0.5, 0.6) is 5.75 Å². The van der Waals surface area contributed by atoms with Crippen LogP contribution in [0.3, 0.4) is 0 Å². The fourth-order valence-corrected chi connectivity index (χ4v) is 3.18. The van der Waals surface area contributed by atoms with E-state index in [4.69, 9.17) is 5.11 Å². The predicted octanol–water partition coefficient (Wildman–Crippen LogP) is 4.79. The molecule has 170 valence electrons. The zero-order valence-corrected chi connectivity index (χ0v) is 17.1. The molecule has 0 saturated carbocycles. The molecule has 3 aromatic carbocycles. The highest BCUT2D eigenvalue weighted by Crippen LogP contribution is 2.27. The fraction of sp³-hybridized carbons (Fsp3) is 0.130. The summed E-state index contributed by atoms with van der Waals surface area (Å²) in [6.07, 6.45) is -4.77. The lowest BCUT2D eigenvalue weighted by Gasteiger charge is -2.08. The van der Waals surface area contributed by atoms with Crippen molar-refractivity contribution in [3.8, 4) is 17.1 Å². The molecular formula is C23H19F3N4O3. The molecule has 4 aromatic rings. The summed E-state index contributed by atoms with van der Waals surface area (Å²) in [7, 11) is 0. The molecule has 10 heteroatoms. The van der Waals surface area contributed by atoms with Crippen molar-refractivity contribution < 1.29 is 27.8 Å². The first kappa shape index (κ1) is 22.2. The monoisotopic (exact) mass is 456 g/mol. The lowest BCUT2D eigenvalue weighted by atomic mass is 10.1. The van der Waals surface area contributed by atoms with Crippen LogP contribution in [-0.4, -0.2) is 40.5 Å². The largest absolute Gasteiger partial charge is 0.573 e. The number of aromatic amines is 1. The van der Waals surface area contributed by atoms with Gasteiger partial charge in [-0.2, -0.15) is 0 Å². The minimum atomic E-state index is -4.77. The van der Waals surface area contributed by atoms with E-state index in [2.05, 4.69) is 25.3 Å². The average Bonchev–Trinajstić information content (AvgIpc) is 3.21.